The van der Waals surface area contributed by atoms with Crippen molar-refractivity contribution in [2.45, 2.75) is 38.6 Å². The number of rotatable bonds is 4. The first-order valence-corrected chi connectivity index (χ1v) is 9.82. The summed E-state index contributed by atoms with van der Waals surface area (Å²) < 4.78 is 2.33. The van der Waals surface area contributed by atoms with Crippen LogP contribution in [0.15, 0.2) is 24.3 Å². The maximum Gasteiger partial charge on any atom is 0.324 e. The number of para-hydroxylation sites is 2. The molecule has 4 rings (SSSR count). The molecule has 0 saturated carbocycles. The van der Waals surface area contributed by atoms with Crippen molar-refractivity contribution in [2.75, 3.05) is 32.7 Å². The number of aromatic nitrogens is 2. The Morgan fingerprint density at radius 1 is 1.30 bits per heavy atom. The van der Waals surface area contributed by atoms with Crippen LogP contribution in [0.3, 0.4) is 0 Å². The van der Waals surface area contributed by atoms with Crippen LogP contribution in [0.5, 0.6) is 0 Å². The highest BCUT2D eigenvalue weighted by atomic mass is 16.2. The summed E-state index contributed by atoms with van der Waals surface area (Å²) in [6.45, 7) is 7.38. The molecule has 2 aliphatic heterocycles. The minimum absolute atomic E-state index is 0.108. The maximum atomic E-state index is 12.5. The quantitative estimate of drug-likeness (QED) is 0.898. The smallest absolute Gasteiger partial charge is 0.324 e. The number of nitrogens with zero attached hydrogens (tertiary/aromatic N) is 4. The Hall–Kier alpha value is -2.41. The summed E-state index contributed by atoms with van der Waals surface area (Å²) in [5, 5.41) is 2.69. The molecule has 1 aromatic carbocycles. The van der Waals surface area contributed by atoms with Gasteiger partial charge in [-0.1, -0.05) is 12.1 Å². The monoisotopic (exact) mass is 369 g/mol. The van der Waals surface area contributed by atoms with Gasteiger partial charge in [-0.3, -0.25) is 14.6 Å². The van der Waals surface area contributed by atoms with Crippen molar-refractivity contribution in [2.24, 2.45) is 0 Å². The molecule has 3 heterocycles. The summed E-state index contributed by atoms with van der Waals surface area (Å²) in [4.78, 5) is 32.6. The fourth-order valence-corrected chi connectivity index (χ4v) is 4.29. The van der Waals surface area contributed by atoms with Gasteiger partial charge >= 0.3 is 6.03 Å². The first kappa shape index (κ1) is 18.0. The van der Waals surface area contributed by atoms with E-state index in [0.29, 0.717) is 31.6 Å². The molecule has 2 aliphatic rings. The van der Waals surface area contributed by atoms with E-state index in [2.05, 4.69) is 46.8 Å². The highest BCUT2D eigenvalue weighted by Gasteiger charge is 2.31. The minimum atomic E-state index is -0.268. The van der Waals surface area contributed by atoms with Gasteiger partial charge in [0.15, 0.2) is 0 Å². The second-order valence-electron chi connectivity index (χ2n) is 7.77. The Balaban J connectivity index is 1.53. The number of carbonyl (C=O) groups is 2. The molecule has 0 aliphatic carbocycles. The number of imidazole rings is 1. The summed E-state index contributed by atoms with van der Waals surface area (Å²) in [6.07, 6.45) is 2.11. The van der Waals surface area contributed by atoms with E-state index in [1.807, 2.05) is 6.07 Å². The van der Waals surface area contributed by atoms with E-state index in [9.17, 15) is 9.59 Å². The van der Waals surface area contributed by atoms with Gasteiger partial charge in [0, 0.05) is 31.6 Å². The normalized spacial score (nSPS) is 21.2. The number of amides is 3. The molecule has 144 valence electrons. The zero-order chi connectivity index (χ0) is 19.0. The fourth-order valence-electron chi connectivity index (χ4n) is 4.29. The number of benzene rings is 1. The highest BCUT2D eigenvalue weighted by molar-refractivity contribution is 5.96. The molecule has 7 nitrogen and oxygen atoms in total. The van der Waals surface area contributed by atoms with Gasteiger partial charge in [-0.15, -0.1) is 0 Å². The summed E-state index contributed by atoms with van der Waals surface area (Å²) in [7, 11) is 0. The van der Waals surface area contributed by atoms with Crippen molar-refractivity contribution >= 4 is 23.0 Å². The number of nitrogens with one attached hydrogen (secondary N) is 1. The molecule has 3 amide bonds. The van der Waals surface area contributed by atoms with Crippen LogP contribution in [0.1, 0.15) is 44.5 Å². The number of carbonyl (C=O) groups excluding carboxylic acids is 2. The van der Waals surface area contributed by atoms with Crippen LogP contribution in [-0.2, 0) is 4.79 Å². The van der Waals surface area contributed by atoms with E-state index in [1.54, 1.807) is 0 Å². The first-order valence-electron chi connectivity index (χ1n) is 9.82. The molecule has 0 spiro atoms. The van der Waals surface area contributed by atoms with Crippen LogP contribution >= 0.6 is 0 Å². The van der Waals surface area contributed by atoms with Crippen LogP contribution in [0.25, 0.3) is 11.0 Å². The number of imide groups is 1. The van der Waals surface area contributed by atoms with Gasteiger partial charge in [0.05, 0.1) is 17.6 Å². The van der Waals surface area contributed by atoms with Crippen molar-refractivity contribution in [3.8, 4) is 0 Å². The van der Waals surface area contributed by atoms with Gasteiger partial charge in [-0.2, -0.15) is 0 Å². The van der Waals surface area contributed by atoms with Gasteiger partial charge in [-0.05, 0) is 45.4 Å². The third kappa shape index (κ3) is 3.43. The number of fused-ring (bicyclic) bond motifs is 1. The Morgan fingerprint density at radius 2 is 2.11 bits per heavy atom. The van der Waals surface area contributed by atoms with Gasteiger partial charge in [-0.25, -0.2) is 9.78 Å². The van der Waals surface area contributed by atoms with Crippen molar-refractivity contribution in [3.05, 3.63) is 30.1 Å². The van der Waals surface area contributed by atoms with Crippen LogP contribution in [0.4, 0.5) is 4.79 Å². The molecule has 27 heavy (non-hydrogen) atoms. The number of hydrogen-bond acceptors (Lipinski definition) is 4. The zero-order valence-electron chi connectivity index (χ0n) is 16.0. The lowest BCUT2D eigenvalue weighted by atomic mass is 9.96. The van der Waals surface area contributed by atoms with E-state index in [-0.39, 0.29) is 11.9 Å². The minimum Gasteiger partial charge on any atom is -0.336 e. The van der Waals surface area contributed by atoms with Crippen LogP contribution in [0.2, 0.25) is 0 Å². The average molecular weight is 369 g/mol. The van der Waals surface area contributed by atoms with E-state index >= 15 is 0 Å². The summed E-state index contributed by atoms with van der Waals surface area (Å²) >= 11 is 0. The van der Waals surface area contributed by atoms with E-state index in [0.717, 1.165) is 37.3 Å². The van der Waals surface area contributed by atoms with Crippen molar-refractivity contribution in [1.82, 2.24) is 24.7 Å². The Morgan fingerprint density at radius 3 is 2.85 bits per heavy atom. The van der Waals surface area contributed by atoms with E-state index in [1.165, 1.54) is 10.4 Å². The Labute approximate surface area is 159 Å². The van der Waals surface area contributed by atoms with Crippen molar-refractivity contribution < 1.29 is 9.59 Å². The Bertz CT molecular complexity index is 859. The molecule has 7 heteroatoms. The topological polar surface area (TPSA) is 70.5 Å². The summed E-state index contributed by atoms with van der Waals surface area (Å²) in [5.41, 5.74) is 2.20. The molecule has 2 fully saturated rings. The van der Waals surface area contributed by atoms with Crippen molar-refractivity contribution in [3.63, 3.8) is 0 Å². The second-order valence-corrected chi connectivity index (χ2v) is 7.77. The lowest BCUT2D eigenvalue weighted by Crippen LogP contribution is -2.45. The van der Waals surface area contributed by atoms with Crippen LogP contribution in [-0.4, -0.2) is 64.0 Å². The van der Waals surface area contributed by atoms with Gasteiger partial charge < -0.3 is 9.88 Å². The van der Waals surface area contributed by atoms with Gasteiger partial charge in [0.2, 0.25) is 5.91 Å². The zero-order valence-corrected chi connectivity index (χ0v) is 16.0. The third-order valence-corrected chi connectivity index (χ3v) is 5.53. The lowest BCUT2D eigenvalue weighted by Gasteiger charge is -2.33. The van der Waals surface area contributed by atoms with E-state index in [4.69, 9.17) is 4.98 Å². The highest BCUT2D eigenvalue weighted by Crippen LogP contribution is 2.31. The maximum absolute atomic E-state index is 12.5. The van der Waals surface area contributed by atoms with E-state index < -0.39 is 0 Å². The number of urea groups is 1. The average Bonchev–Trinajstić information content (AvgIpc) is 3.25. The molecule has 1 aromatic heterocycles. The van der Waals surface area contributed by atoms with Crippen molar-refractivity contribution in [1.29, 1.82) is 0 Å². The predicted molar refractivity (Wildman–Crippen MR) is 104 cm³/mol. The lowest BCUT2D eigenvalue weighted by molar-refractivity contribution is -0.129. The van der Waals surface area contributed by atoms with Gasteiger partial charge in [0.25, 0.3) is 0 Å². The molecule has 1 unspecified atom stereocenters. The summed E-state index contributed by atoms with van der Waals surface area (Å²) in [5.74, 6) is 1.30. The molecular formula is C20H27N5O2. The van der Waals surface area contributed by atoms with Crippen LogP contribution in [0, 0.1) is 0 Å². The molecule has 2 aromatic rings. The molecule has 1 N–H and O–H groups in total. The largest absolute Gasteiger partial charge is 0.336 e. The number of hydrogen-bond donors (Lipinski definition) is 1. The molecule has 0 bridgehead atoms. The number of likely N-dealkylation sites (tertiary alicyclic amines) is 1. The van der Waals surface area contributed by atoms with Crippen LogP contribution < -0.4 is 5.32 Å². The fraction of sp³-hybridized carbons (Fsp3) is 0.550. The third-order valence-electron chi connectivity index (χ3n) is 5.53. The molecular weight excluding hydrogens is 342 g/mol. The standard InChI is InChI=1S/C20H27N5O2/c1-14(2)25-17-8-4-3-7-16(17)22-19(25)15-6-5-10-23(12-15)13-18(26)24-11-9-21-20(24)27/h3-4,7-8,14-15H,5-6,9-13H2,1-2H3,(H,21,27). The number of piperidine rings is 1. The van der Waals surface area contributed by atoms with Gasteiger partial charge in [0.1, 0.15) is 5.82 Å². The predicted octanol–water partition coefficient (Wildman–Crippen LogP) is 2.35. The SMILES string of the molecule is CC(C)n1c(C2CCCN(CC(=O)N3CCNC3=O)C2)nc2ccccc21. The summed E-state index contributed by atoms with van der Waals surface area (Å²) in [6, 6.07) is 8.33. The molecule has 1 atom stereocenters. The Kier molecular flexibility index (Phi) is 4.86. The molecule has 2 saturated heterocycles. The second kappa shape index (κ2) is 7.31. The molecule has 0 radical (unpaired) electrons. The first-order chi connectivity index (χ1) is 13.0.